The molecule has 0 saturated carbocycles. The van der Waals surface area contributed by atoms with Crippen LogP contribution in [0.4, 0.5) is 18.9 Å². The lowest BCUT2D eigenvalue weighted by Gasteiger charge is -2.10. The maximum Gasteiger partial charge on any atom is 0.338 e. The third kappa shape index (κ3) is 4.98. The van der Waals surface area contributed by atoms with E-state index in [1.165, 1.54) is 12.1 Å². The lowest BCUT2D eigenvalue weighted by atomic mass is 10.2. The molecule has 0 spiro atoms. The monoisotopic (exact) mass is 367 g/mol. The maximum atomic E-state index is 13.5. The first-order chi connectivity index (χ1) is 12.3. The Kier molecular flexibility index (Phi) is 6.21. The highest BCUT2D eigenvalue weighted by Crippen LogP contribution is 2.19. The summed E-state index contributed by atoms with van der Waals surface area (Å²) in [7, 11) is 0. The summed E-state index contributed by atoms with van der Waals surface area (Å²) in [4.78, 5) is 23.6. The van der Waals surface area contributed by atoms with Crippen molar-refractivity contribution in [2.45, 2.75) is 20.0 Å². The Morgan fingerprint density at radius 2 is 1.65 bits per heavy atom. The van der Waals surface area contributed by atoms with Gasteiger partial charge < -0.3 is 14.8 Å². The van der Waals surface area contributed by atoms with Crippen molar-refractivity contribution < 1.29 is 32.2 Å². The highest BCUT2D eigenvalue weighted by atomic mass is 19.2. The molecule has 0 bridgehead atoms. The van der Waals surface area contributed by atoms with Crippen molar-refractivity contribution in [3.05, 3.63) is 59.4 Å². The summed E-state index contributed by atoms with van der Waals surface area (Å²) in [6.45, 7) is 2.99. The SMILES string of the molecule is CC(C)Oc1ccc(C(=O)OCC(=O)Nc2ccc(F)c(F)c2F)cc1. The standard InChI is InChI=1S/C18H16F3NO4/c1-10(2)26-12-5-3-11(4-6-12)18(24)25-9-15(23)22-14-8-7-13(19)16(20)17(14)21/h3-8,10H,9H2,1-2H3,(H,22,23). The second kappa shape index (κ2) is 8.37. The number of carbonyl (C=O) groups is 2. The molecule has 1 amide bonds. The van der Waals surface area contributed by atoms with E-state index in [9.17, 15) is 22.8 Å². The van der Waals surface area contributed by atoms with Gasteiger partial charge in [0.2, 0.25) is 0 Å². The molecule has 1 N–H and O–H groups in total. The average molecular weight is 367 g/mol. The largest absolute Gasteiger partial charge is 0.491 e. The fraction of sp³-hybridized carbons (Fsp3) is 0.222. The minimum absolute atomic E-state index is 0.0202. The molecule has 0 unspecified atom stereocenters. The fourth-order valence-electron chi connectivity index (χ4n) is 1.96. The summed E-state index contributed by atoms with van der Waals surface area (Å²) in [6.07, 6.45) is -0.0202. The molecule has 0 aromatic heterocycles. The molecular formula is C18H16F3NO4. The fourth-order valence-corrected chi connectivity index (χ4v) is 1.96. The summed E-state index contributed by atoms with van der Waals surface area (Å²) in [6, 6.07) is 7.61. The molecule has 0 radical (unpaired) electrons. The minimum Gasteiger partial charge on any atom is -0.491 e. The number of esters is 1. The van der Waals surface area contributed by atoms with Crippen molar-refractivity contribution in [1.82, 2.24) is 0 Å². The lowest BCUT2D eigenvalue weighted by molar-refractivity contribution is -0.119. The van der Waals surface area contributed by atoms with E-state index in [4.69, 9.17) is 9.47 Å². The number of hydrogen-bond acceptors (Lipinski definition) is 4. The van der Waals surface area contributed by atoms with Gasteiger partial charge in [-0.05, 0) is 50.2 Å². The molecule has 2 rings (SSSR count). The Morgan fingerprint density at radius 1 is 1.00 bits per heavy atom. The van der Waals surface area contributed by atoms with Crippen molar-refractivity contribution in [2.75, 3.05) is 11.9 Å². The lowest BCUT2D eigenvalue weighted by Crippen LogP contribution is -2.21. The van der Waals surface area contributed by atoms with Gasteiger partial charge in [-0.3, -0.25) is 4.79 Å². The first-order valence-corrected chi connectivity index (χ1v) is 7.65. The zero-order valence-corrected chi connectivity index (χ0v) is 14.0. The second-order valence-corrected chi connectivity index (χ2v) is 5.54. The Labute approximate surface area is 147 Å². The summed E-state index contributed by atoms with van der Waals surface area (Å²) < 4.78 is 49.6. The van der Waals surface area contributed by atoms with Crippen LogP contribution in [0.5, 0.6) is 5.75 Å². The summed E-state index contributed by atoms with van der Waals surface area (Å²) in [5.41, 5.74) is -0.368. The van der Waals surface area contributed by atoms with E-state index in [-0.39, 0.29) is 11.7 Å². The van der Waals surface area contributed by atoms with Crippen LogP contribution in [0, 0.1) is 17.5 Å². The van der Waals surface area contributed by atoms with Crippen LogP contribution in [0.3, 0.4) is 0 Å². The van der Waals surface area contributed by atoms with Crippen LogP contribution < -0.4 is 10.1 Å². The van der Waals surface area contributed by atoms with E-state index >= 15 is 0 Å². The van der Waals surface area contributed by atoms with Gasteiger partial charge in [0, 0.05) is 0 Å². The zero-order valence-electron chi connectivity index (χ0n) is 14.0. The van der Waals surface area contributed by atoms with Crippen molar-refractivity contribution in [1.29, 1.82) is 0 Å². The van der Waals surface area contributed by atoms with E-state index < -0.39 is 41.6 Å². The van der Waals surface area contributed by atoms with E-state index in [1.807, 2.05) is 19.2 Å². The van der Waals surface area contributed by atoms with Crippen LogP contribution in [0.1, 0.15) is 24.2 Å². The molecule has 0 saturated heterocycles. The number of rotatable bonds is 6. The van der Waals surface area contributed by atoms with E-state index in [0.717, 1.165) is 6.07 Å². The molecule has 0 fully saturated rings. The topological polar surface area (TPSA) is 64.6 Å². The van der Waals surface area contributed by atoms with Gasteiger partial charge >= 0.3 is 5.97 Å². The molecule has 0 aliphatic carbocycles. The molecule has 2 aromatic rings. The molecule has 0 aliphatic heterocycles. The quantitative estimate of drug-likeness (QED) is 0.625. The van der Waals surface area contributed by atoms with E-state index in [2.05, 4.69) is 0 Å². The Hall–Kier alpha value is -3.03. The normalized spacial score (nSPS) is 10.5. The van der Waals surface area contributed by atoms with E-state index in [0.29, 0.717) is 11.8 Å². The van der Waals surface area contributed by atoms with Crippen LogP contribution in [0.15, 0.2) is 36.4 Å². The molecule has 138 valence electrons. The number of anilines is 1. The number of halogens is 3. The number of nitrogens with one attached hydrogen (secondary N) is 1. The van der Waals surface area contributed by atoms with Crippen LogP contribution in [-0.2, 0) is 9.53 Å². The molecular weight excluding hydrogens is 351 g/mol. The molecule has 0 atom stereocenters. The molecule has 26 heavy (non-hydrogen) atoms. The van der Waals surface area contributed by atoms with Gasteiger partial charge in [-0.2, -0.15) is 0 Å². The van der Waals surface area contributed by atoms with E-state index in [1.54, 1.807) is 12.1 Å². The molecule has 0 heterocycles. The minimum atomic E-state index is -1.71. The Balaban J connectivity index is 1.91. The van der Waals surface area contributed by atoms with Crippen molar-refractivity contribution in [3.8, 4) is 5.75 Å². The van der Waals surface area contributed by atoms with Gasteiger partial charge in [-0.25, -0.2) is 18.0 Å². The summed E-state index contributed by atoms with van der Waals surface area (Å²) in [5.74, 6) is -5.72. The van der Waals surface area contributed by atoms with Crippen LogP contribution >= 0.6 is 0 Å². The molecule has 0 aliphatic rings. The van der Waals surface area contributed by atoms with Crippen LogP contribution in [-0.4, -0.2) is 24.6 Å². The van der Waals surface area contributed by atoms with Crippen LogP contribution in [0.2, 0.25) is 0 Å². The van der Waals surface area contributed by atoms with Gasteiger partial charge in [0.1, 0.15) is 5.75 Å². The Morgan fingerprint density at radius 3 is 2.27 bits per heavy atom. The third-order valence-corrected chi connectivity index (χ3v) is 3.11. The smallest absolute Gasteiger partial charge is 0.338 e. The number of hydrogen-bond donors (Lipinski definition) is 1. The number of amides is 1. The average Bonchev–Trinajstić information content (AvgIpc) is 2.60. The van der Waals surface area contributed by atoms with Crippen LogP contribution in [0.25, 0.3) is 0 Å². The predicted octanol–water partition coefficient (Wildman–Crippen LogP) is 3.69. The van der Waals surface area contributed by atoms with Gasteiger partial charge in [0.05, 0.1) is 17.4 Å². The van der Waals surface area contributed by atoms with Gasteiger partial charge in [0.15, 0.2) is 24.1 Å². The summed E-state index contributed by atoms with van der Waals surface area (Å²) in [5, 5.41) is 2.00. The van der Waals surface area contributed by atoms with Crippen molar-refractivity contribution >= 4 is 17.6 Å². The third-order valence-electron chi connectivity index (χ3n) is 3.11. The number of carbonyl (C=O) groups excluding carboxylic acids is 2. The number of ether oxygens (including phenoxy) is 2. The molecule has 5 nitrogen and oxygen atoms in total. The highest BCUT2D eigenvalue weighted by molar-refractivity contribution is 5.95. The van der Waals surface area contributed by atoms with Crippen molar-refractivity contribution in [3.63, 3.8) is 0 Å². The molecule has 8 heteroatoms. The van der Waals surface area contributed by atoms with Gasteiger partial charge in [0.25, 0.3) is 5.91 Å². The van der Waals surface area contributed by atoms with Crippen molar-refractivity contribution in [2.24, 2.45) is 0 Å². The van der Waals surface area contributed by atoms with Gasteiger partial charge in [-0.1, -0.05) is 0 Å². The van der Waals surface area contributed by atoms with Gasteiger partial charge in [-0.15, -0.1) is 0 Å². The zero-order chi connectivity index (χ0) is 19.3. The second-order valence-electron chi connectivity index (χ2n) is 5.54. The number of benzene rings is 2. The molecule has 2 aromatic carbocycles. The first-order valence-electron chi connectivity index (χ1n) is 7.65. The Bertz CT molecular complexity index is 807. The predicted molar refractivity (Wildman–Crippen MR) is 87.4 cm³/mol. The summed E-state index contributed by atoms with van der Waals surface area (Å²) >= 11 is 0. The maximum absolute atomic E-state index is 13.5. The highest BCUT2D eigenvalue weighted by Gasteiger charge is 2.16. The first kappa shape index (κ1) is 19.3.